The molecule has 5 heteroatoms. The molecular formula is C20H11ClN2OS. The SMILES string of the molecule is N#C/C(=C/c1ccc(-c2cccc(Cl)c2)o1)c1nc2ccccc2s1. The zero-order valence-corrected chi connectivity index (χ0v) is 14.5. The van der Waals surface area contributed by atoms with Gasteiger partial charge < -0.3 is 4.42 Å². The molecule has 0 saturated heterocycles. The molecule has 0 N–H and O–H groups in total. The number of fused-ring (bicyclic) bond motifs is 1. The summed E-state index contributed by atoms with van der Waals surface area (Å²) in [7, 11) is 0. The summed E-state index contributed by atoms with van der Waals surface area (Å²) >= 11 is 7.52. The maximum absolute atomic E-state index is 9.52. The van der Waals surface area contributed by atoms with Gasteiger partial charge in [-0.15, -0.1) is 11.3 Å². The van der Waals surface area contributed by atoms with E-state index in [9.17, 15) is 5.26 Å². The Morgan fingerprint density at radius 3 is 2.80 bits per heavy atom. The Bertz CT molecular complexity index is 1100. The van der Waals surface area contributed by atoms with Crippen molar-refractivity contribution in [2.75, 3.05) is 0 Å². The van der Waals surface area contributed by atoms with Crippen LogP contribution in [0, 0.1) is 11.3 Å². The summed E-state index contributed by atoms with van der Waals surface area (Å²) in [6, 6.07) is 21.2. The van der Waals surface area contributed by atoms with Crippen LogP contribution in [0.3, 0.4) is 0 Å². The van der Waals surface area contributed by atoms with Crippen LogP contribution in [0.15, 0.2) is 65.1 Å². The Hall–Kier alpha value is -2.87. The number of allylic oxidation sites excluding steroid dienone is 1. The van der Waals surface area contributed by atoms with Gasteiger partial charge in [0.25, 0.3) is 0 Å². The van der Waals surface area contributed by atoms with E-state index in [-0.39, 0.29) is 0 Å². The zero-order valence-electron chi connectivity index (χ0n) is 12.9. The summed E-state index contributed by atoms with van der Waals surface area (Å²) in [4.78, 5) is 4.53. The van der Waals surface area contributed by atoms with Crippen LogP contribution < -0.4 is 0 Å². The highest BCUT2D eigenvalue weighted by Gasteiger charge is 2.10. The van der Waals surface area contributed by atoms with Crippen molar-refractivity contribution >= 4 is 44.8 Å². The number of rotatable bonds is 3. The first-order chi connectivity index (χ1) is 12.2. The lowest BCUT2D eigenvalue weighted by Gasteiger charge is -1.97. The van der Waals surface area contributed by atoms with E-state index < -0.39 is 0 Å². The minimum absolute atomic E-state index is 0.480. The molecule has 0 atom stereocenters. The lowest BCUT2D eigenvalue weighted by molar-refractivity contribution is 0.572. The van der Waals surface area contributed by atoms with Gasteiger partial charge in [0.05, 0.1) is 15.8 Å². The first-order valence-corrected chi connectivity index (χ1v) is 8.76. The van der Waals surface area contributed by atoms with E-state index in [0.29, 0.717) is 27.1 Å². The van der Waals surface area contributed by atoms with E-state index >= 15 is 0 Å². The third-order valence-electron chi connectivity index (χ3n) is 3.67. The van der Waals surface area contributed by atoms with E-state index in [1.54, 1.807) is 6.08 Å². The van der Waals surface area contributed by atoms with E-state index in [4.69, 9.17) is 16.0 Å². The molecule has 0 fully saturated rings. The lowest BCUT2D eigenvalue weighted by Crippen LogP contribution is -1.79. The monoisotopic (exact) mass is 362 g/mol. The fourth-order valence-electron chi connectivity index (χ4n) is 2.50. The van der Waals surface area contributed by atoms with Crippen molar-refractivity contribution in [1.29, 1.82) is 5.26 Å². The Kier molecular flexibility index (Phi) is 4.10. The van der Waals surface area contributed by atoms with Crippen molar-refractivity contribution in [2.24, 2.45) is 0 Å². The Morgan fingerprint density at radius 2 is 2.00 bits per heavy atom. The largest absolute Gasteiger partial charge is 0.457 e. The van der Waals surface area contributed by atoms with E-state index in [1.807, 2.05) is 60.7 Å². The molecule has 2 aromatic carbocycles. The summed E-state index contributed by atoms with van der Waals surface area (Å²) in [5, 5.41) is 10.9. The lowest BCUT2D eigenvalue weighted by atomic mass is 10.2. The molecule has 0 spiro atoms. The molecule has 0 aliphatic carbocycles. The van der Waals surface area contributed by atoms with Crippen LogP contribution >= 0.6 is 22.9 Å². The molecular weight excluding hydrogens is 352 g/mol. The van der Waals surface area contributed by atoms with Crippen molar-refractivity contribution in [3.05, 3.63) is 76.5 Å². The number of thiazole rings is 1. The minimum Gasteiger partial charge on any atom is -0.457 e. The number of hydrogen-bond acceptors (Lipinski definition) is 4. The number of nitriles is 1. The molecule has 0 aliphatic rings. The molecule has 0 radical (unpaired) electrons. The molecule has 2 aromatic heterocycles. The third kappa shape index (κ3) is 3.20. The van der Waals surface area contributed by atoms with Gasteiger partial charge in [0, 0.05) is 16.7 Å². The predicted molar refractivity (Wildman–Crippen MR) is 102 cm³/mol. The van der Waals surface area contributed by atoms with Crippen LogP contribution in [0.5, 0.6) is 0 Å². The zero-order chi connectivity index (χ0) is 17.2. The Morgan fingerprint density at radius 1 is 1.12 bits per heavy atom. The standard InChI is InChI=1S/C20H11ClN2OS/c21-15-5-3-4-13(10-15)18-9-8-16(24-18)11-14(12-22)20-23-17-6-1-2-7-19(17)25-20/h1-11H/b14-11-. The number of hydrogen-bond donors (Lipinski definition) is 0. The highest BCUT2D eigenvalue weighted by Crippen LogP contribution is 2.30. The van der Waals surface area contributed by atoms with Gasteiger partial charge in [0.2, 0.25) is 0 Å². The third-order valence-corrected chi connectivity index (χ3v) is 4.97. The summed E-state index contributed by atoms with van der Waals surface area (Å²) in [5.41, 5.74) is 2.27. The highest BCUT2D eigenvalue weighted by atomic mass is 35.5. The van der Waals surface area contributed by atoms with E-state index in [0.717, 1.165) is 15.8 Å². The number of nitrogens with zero attached hydrogens (tertiary/aromatic N) is 2. The summed E-state index contributed by atoms with van der Waals surface area (Å²) < 4.78 is 6.90. The molecule has 4 aromatic rings. The molecule has 0 saturated carbocycles. The topological polar surface area (TPSA) is 49.8 Å². The van der Waals surface area contributed by atoms with Gasteiger partial charge in [0.1, 0.15) is 22.6 Å². The molecule has 2 heterocycles. The molecule has 0 bridgehead atoms. The average Bonchev–Trinajstić information content (AvgIpc) is 3.26. The van der Waals surface area contributed by atoms with Crippen LogP contribution in [-0.4, -0.2) is 4.98 Å². The fourth-order valence-corrected chi connectivity index (χ4v) is 3.62. The van der Waals surface area contributed by atoms with Crippen LogP contribution in [0.25, 0.3) is 33.2 Å². The van der Waals surface area contributed by atoms with Gasteiger partial charge in [-0.1, -0.05) is 35.9 Å². The van der Waals surface area contributed by atoms with Gasteiger partial charge in [-0.3, -0.25) is 0 Å². The Balaban J connectivity index is 1.70. The quantitative estimate of drug-likeness (QED) is 0.403. The van der Waals surface area contributed by atoms with Crippen LogP contribution in [-0.2, 0) is 0 Å². The molecule has 4 rings (SSSR count). The number of aromatic nitrogens is 1. The van der Waals surface area contributed by atoms with Crippen molar-refractivity contribution in [3.8, 4) is 17.4 Å². The highest BCUT2D eigenvalue weighted by molar-refractivity contribution is 7.19. The number of furan rings is 1. The average molecular weight is 363 g/mol. The molecule has 0 aliphatic heterocycles. The molecule has 0 unspecified atom stereocenters. The number of para-hydroxylation sites is 1. The summed E-state index contributed by atoms with van der Waals surface area (Å²) in [6.07, 6.45) is 1.71. The molecule has 120 valence electrons. The van der Waals surface area contributed by atoms with Gasteiger partial charge in [0.15, 0.2) is 0 Å². The smallest absolute Gasteiger partial charge is 0.135 e. The van der Waals surface area contributed by atoms with E-state index in [2.05, 4.69) is 11.1 Å². The van der Waals surface area contributed by atoms with Gasteiger partial charge >= 0.3 is 0 Å². The molecule has 25 heavy (non-hydrogen) atoms. The van der Waals surface area contributed by atoms with Gasteiger partial charge in [-0.05, 0) is 36.4 Å². The first-order valence-electron chi connectivity index (χ1n) is 7.56. The van der Waals surface area contributed by atoms with Crippen LogP contribution in [0.1, 0.15) is 10.8 Å². The fraction of sp³-hybridized carbons (Fsp3) is 0. The maximum Gasteiger partial charge on any atom is 0.135 e. The second kappa shape index (κ2) is 6.56. The van der Waals surface area contributed by atoms with Gasteiger partial charge in [-0.2, -0.15) is 5.26 Å². The maximum atomic E-state index is 9.52. The van der Waals surface area contributed by atoms with Crippen molar-refractivity contribution in [2.45, 2.75) is 0 Å². The summed E-state index contributed by atoms with van der Waals surface area (Å²) in [6.45, 7) is 0. The normalized spacial score (nSPS) is 11.6. The van der Waals surface area contributed by atoms with E-state index in [1.165, 1.54) is 11.3 Å². The van der Waals surface area contributed by atoms with Gasteiger partial charge in [-0.25, -0.2) is 4.98 Å². The molecule has 3 nitrogen and oxygen atoms in total. The summed E-state index contributed by atoms with van der Waals surface area (Å²) in [5.74, 6) is 1.31. The minimum atomic E-state index is 0.480. The van der Waals surface area contributed by atoms with Crippen molar-refractivity contribution in [3.63, 3.8) is 0 Å². The van der Waals surface area contributed by atoms with Crippen molar-refractivity contribution in [1.82, 2.24) is 4.98 Å². The van der Waals surface area contributed by atoms with Crippen LogP contribution in [0.2, 0.25) is 5.02 Å². The first kappa shape index (κ1) is 15.6. The molecule has 0 amide bonds. The van der Waals surface area contributed by atoms with Crippen molar-refractivity contribution < 1.29 is 4.42 Å². The number of halogens is 1. The van der Waals surface area contributed by atoms with Crippen LogP contribution in [0.4, 0.5) is 0 Å². The second-order valence-electron chi connectivity index (χ2n) is 5.37. The number of benzene rings is 2. The second-order valence-corrected chi connectivity index (χ2v) is 6.84. The predicted octanol–water partition coefficient (Wildman–Crippen LogP) is 6.27. The Labute approximate surface area is 153 Å².